The van der Waals surface area contributed by atoms with Crippen LogP contribution in [0.1, 0.15) is 5.56 Å². The Hall–Kier alpha value is -1.86. The number of aromatic nitrogens is 2. The standard InChI is InChI=1S/C11H11FN4OS/c12-7-2-1-3-8(6(7)5-17)18-11-15-9(13)4-10(14)16-11/h1-4,17H,5H2,(H4,13,14,15,16). The number of halogens is 1. The van der Waals surface area contributed by atoms with Crippen LogP contribution in [0.5, 0.6) is 0 Å². The number of nitrogens with two attached hydrogens (primary N) is 2. The summed E-state index contributed by atoms with van der Waals surface area (Å²) in [6, 6.07) is 5.93. The summed E-state index contributed by atoms with van der Waals surface area (Å²) in [5, 5.41) is 9.46. The number of rotatable bonds is 3. The van der Waals surface area contributed by atoms with E-state index in [-0.39, 0.29) is 17.2 Å². The molecule has 0 unspecified atom stereocenters. The number of anilines is 2. The SMILES string of the molecule is Nc1cc(N)nc(Sc2cccc(F)c2CO)n1. The van der Waals surface area contributed by atoms with E-state index in [9.17, 15) is 4.39 Å². The molecule has 94 valence electrons. The van der Waals surface area contributed by atoms with Crippen LogP contribution in [0.2, 0.25) is 0 Å². The molecule has 0 radical (unpaired) electrons. The Labute approximate surface area is 107 Å². The second kappa shape index (κ2) is 5.19. The third-order valence-corrected chi connectivity index (χ3v) is 3.15. The Balaban J connectivity index is 2.36. The molecule has 0 aliphatic carbocycles. The number of hydrogen-bond donors (Lipinski definition) is 3. The van der Waals surface area contributed by atoms with Gasteiger partial charge in [-0.15, -0.1) is 0 Å². The molecule has 1 aromatic heterocycles. The monoisotopic (exact) mass is 266 g/mol. The normalized spacial score (nSPS) is 10.6. The van der Waals surface area contributed by atoms with Crippen LogP contribution in [0, 0.1) is 5.82 Å². The van der Waals surface area contributed by atoms with Crippen molar-refractivity contribution in [1.82, 2.24) is 9.97 Å². The van der Waals surface area contributed by atoms with E-state index in [2.05, 4.69) is 9.97 Å². The van der Waals surface area contributed by atoms with Gasteiger partial charge >= 0.3 is 0 Å². The highest BCUT2D eigenvalue weighted by Crippen LogP contribution is 2.30. The van der Waals surface area contributed by atoms with Gasteiger partial charge in [-0.2, -0.15) is 0 Å². The summed E-state index contributed by atoms with van der Waals surface area (Å²) < 4.78 is 13.4. The lowest BCUT2D eigenvalue weighted by Crippen LogP contribution is -2.00. The molecule has 5 N–H and O–H groups in total. The molecule has 0 bridgehead atoms. The minimum absolute atomic E-state index is 0.201. The topological polar surface area (TPSA) is 98.1 Å². The number of nitrogens with zero attached hydrogens (tertiary/aromatic N) is 2. The maximum absolute atomic E-state index is 13.4. The van der Waals surface area contributed by atoms with Gasteiger partial charge in [-0.3, -0.25) is 0 Å². The second-order valence-electron chi connectivity index (χ2n) is 3.48. The number of hydrogen-bond acceptors (Lipinski definition) is 6. The first kappa shape index (κ1) is 12.6. The van der Waals surface area contributed by atoms with E-state index < -0.39 is 12.4 Å². The van der Waals surface area contributed by atoms with E-state index in [4.69, 9.17) is 16.6 Å². The van der Waals surface area contributed by atoms with Crippen LogP contribution < -0.4 is 11.5 Å². The molecule has 0 aliphatic rings. The highest BCUT2D eigenvalue weighted by Gasteiger charge is 2.11. The zero-order valence-electron chi connectivity index (χ0n) is 9.30. The first-order chi connectivity index (χ1) is 8.60. The molecule has 1 heterocycles. The smallest absolute Gasteiger partial charge is 0.196 e. The van der Waals surface area contributed by atoms with Gasteiger partial charge in [-0.1, -0.05) is 6.07 Å². The molecular formula is C11H11FN4OS. The van der Waals surface area contributed by atoms with E-state index in [1.807, 2.05) is 0 Å². The number of benzene rings is 1. The van der Waals surface area contributed by atoms with Gasteiger partial charge in [0.15, 0.2) is 5.16 Å². The summed E-state index contributed by atoms with van der Waals surface area (Å²) in [5.41, 5.74) is 11.3. The molecule has 0 saturated carbocycles. The van der Waals surface area contributed by atoms with Gasteiger partial charge in [0.1, 0.15) is 17.5 Å². The first-order valence-electron chi connectivity index (χ1n) is 5.06. The molecule has 0 aliphatic heterocycles. The Morgan fingerprint density at radius 1 is 1.22 bits per heavy atom. The van der Waals surface area contributed by atoms with Crippen molar-refractivity contribution in [3.05, 3.63) is 35.6 Å². The summed E-state index contributed by atoms with van der Waals surface area (Å²) in [6.45, 7) is -0.396. The lowest BCUT2D eigenvalue weighted by Gasteiger charge is -2.07. The molecule has 5 nitrogen and oxygen atoms in total. The van der Waals surface area contributed by atoms with Crippen LogP contribution in [0.15, 0.2) is 34.3 Å². The highest BCUT2D eigenvalue weighted by atomic mass is 32.2. The van der Waals surface area contributed by atoms with Crippen molar-refractivity contribution in [2.24, 2.45) is 0 Å². The van der Waals surface area contributed by atoms with Gasteiger partial charge in [0, 0.05) is 16.5 Å². The summed E-state index contributed by atoms with van der Waals surface area (Å²) in [5.74, 6) is 0.0123. The summed E-state index contributed by atoms with van der Waals surface area (Å²) in [6.07, 6.45) is 0. The van der Waals surface area contributed by atoms with Crippen LogP contribution in [-0.4, -0.2) is 15.1 Å². The van der Waals surface area contributed by atoms with Gasteiger partial charge < -0.3 is 16.6 Å². The van der Waals surface area contributed by atoms with Crippen LogP contribution in [0.4, 0.5) is 16.0 Å². The zero-order chi connectivity index (χ0) is 13.1. The lowest BCUT2D eigenvalue weighted by atomic mass is 10.2. The second-order valence-corrected chi connectivity index (χ2v) is 4.49. The number of aliphatic hydroxyl groups is 1. The molecule has 0 fully saturated rings. The van der Waals surface area contributed by atoms with Gasteiger partial charge in [-0.25, -0.2) is 14.4 Å². The highest BCUT2D eigenvalue weighted by molar-refractivity contribution is 7.99. The first-order valence-corrected chi connectivity index (χ1v) is 5.88. The number of aliphatic hydroxyl groups excluding tert-OH is 1. The van der Waals surface area contributed by atoms with Crippen molar-refractivity contribution in [1.29, 1.82) is 0 Å². The zero-order valence-corrected chi connectivity index (χ0v) is 10.1. The molecule has 0 amide bonds. The number of nitrogen functional groups attached to an aromatic ring is 2. The fourth-order valence-electron chi connectivity index (χ4n) is 1.39. The van der Waals surface area contributed by atoms with Crippen molar-refractivity contribution in [3.8, 4) is 0 Å². The van der Waals surface area contributed by atoms with Crippen LogP contribution in [0.3, 0.4) is 0 Å². The predicted octanol–water partition coefficient (Wildman–Crippen LogP) is 1.42. The lowest BCUT2D eigenvalue weighted by molar-refractivity contribution is 0.272. The third kappa shape index (κ3) is 2.69. The molecule has 7 heteroatoms. The molecule has 1 aromatic carbocycles. The predicted molar refractivity (Wildman–Crippen MR) is 67.3 cm³/mol. The average Bonchev–Trinajstić information content (AvgIpc) is 2.27. The van der Waals surface area contributed by atoms with Crippen molar-refractivity contribution in [3.63, 3.8) is 0 Å². The Bertz CT molecular complexity index is 559. The molecule has 2 rings (SSSR count). The summed E-state index contributed by atoms with van der Waals surface area (Å²) in [4.78, 5) is 8.49. The van der Waals surface area contributed by atoms with Crippen molar-refractivity contribution < 1.29 is 9.50 Å². The minimum atomic E-state index is -0.473. The van der Waals surface area contributed by atoms with E-state index in [1.54, 1.807) is 12.1 Å². The molecule has 2 aromatic rings. The maximum atomic E-state index is 13.4. The van der Waals surface area contributed by atoms with Crippen molar-refractivity contribution in [2.75, 3.05) is 11.5 Å². The molecule has 0 spiro atoms. The summed E-state index contributed by atoms with van der Waals surface area (Å²) in [7, 11) is 0. The largest absolute Gasteiger partial charge is 0.392 e. The Morgan fingerprint density at radius 3 is 2.50 bits per heavy atom. The van der Waals surface area contributed by atoms with Gasteiger partial charge in [0.2, 0.25) is 0 Å². The maximum Gasteiger partial charge on any atom is 0.196 e. The van der Waals surface area contributed by atoms with E-state index in [0.717, 1.165) is 11.8 Å². The van der Waals surface area contributed by atoms with Crippen molar-refractivity contribution in [2.45, 2.75) is 16.7 Å². The van der Waals surface area contributed by atoms with Crippen LogP contribution in [0.25, 0.3) is 0 Å². The molecular weight excluding hydrogens is 255 g/mol. The fraction of sp³-hybridized carbons (Fsp3) is 0.0909. The summed E-state index contributed by atoms with van der Waals surface area (Å²) >= 11 is 1.10. The molecule has 18 heavy (non-hydrogen) atoms. The van der Waals surface area contributed by atoms with Crippen molar-refractivity contribution >= 4 is 23.4 Å². The third-order valence-electron chi connectivity index (χ3n) is 2.18. The van der Waals surface area contributed by atoms with E-state index >= 15 is 0 Å². The Morgan fingerprint density at radius 2 is 1.89 bits per heavy atom. The van der Waals surface area contributed by atoms with Gasteiger partial charge in [0.25, 0.3) is 0 Å². The van der Waals surface area contributed by atoms with Crippen LogP contribution in [-0.2, 0) is 6.61 Å². The minimum Gasteiger partial charge on any atom is -0.392 e. The fourth-order valence-corrected chi connectivity index (χ4v) is 2.32. The van der Waals surface area contributed by atoms with Gasteiger partial charge in [-0.05, 0) is 23.9 Å². The van der Waals surface area contributed by atoms with Gasteiger partial charge in [0.05, 0.1) is 6.61 Å². The Kier molecular flexibility index (Phi) is 3.63. The average molecular weight is 266 g/mol. The van der Waals surface area contributed by atoms with E-state index in [1.165, 1.54) is 12.1 Å². The van der Waals surface area contributed by atoms with Crippen LogP contribution >= 0.6 is 11.8 Å². The van der Waals surface area contributed by atoms with E-state index in [0.29, 0.717) is 10.1 Å². The molecule has 0 atom stereocenters. The molecule has 0 saturated heterocycles. The quantitative estimate of drug-likeness (QED) is 0.727.